The monoisotopic (exact) mass is 402 g/mol. The summed E-state index contributed by atoms with van der Waals surface area (Å²) in [5.41, 5.74) is 2.06. The van der Waals surface area contributed by atoms with E-state index in [0.717, 1.165) is 42.1 Å². The minimum Gasteiger partial charge on any atom is -0.493 e. The first-order valence-electron chi connectivity index (χ1n) is 10.9. The van der Waals surface area contributed by atoms with Gasteiger partial charge in [0.05, 0.1) is 12.2 Å². The molecule has 2 aromatic rings. The van der Waals surface area contributed by atoms with Gasteiger partial charge in [0, 0.05) is 17.3 Å². The summed E-state index contributed by atoms with van der Waals surface area (Å²) >= 11 is 6.20. The number of rotatable bonds is 14. The smallest absolute Gasteiger partial charge is 0.163 e. The van der Waals surface area contributed by atoms with Crippen LogP contribution in [0.15, 0.2) is 36.5 Å². The van der Waals surface area contributed by atoms with Crippen LogP contribution in [0.2, 0.25) is 0 Å². The minimum absolute atomic E-state index is 0.161. The quantitative estimate of drug-likeness (QED) is 0.247. The molecule has 4 heteroatoms. The van der Waals surface area contributed by atoms with Gasteiger partial charge >= 0.3 is 0 Å². The van der Waals surface area contributed by atoms with E-state index >= 15 is 0 Å². The van der Waals surface area contributed by atoms with Crippen molar-refractivity contribution in [3.63, 3.8) is 0 Å². The lowest BCUT2D eigenvalue weighted by Gasteiger charge is -2.12. The molecule has 1 atom stereocenters. The zero-order valence-electron chi connectivity index (χ0n) is 17.5. The second-order valence-corrected chi connectivity index (χ2v) is 8.00. The Hall–Kier alpha value is -1.61. The fourth-order valence-corrected chi connectivity index (χ4v) is 3.30. The highest BCUT2D eigenvalue weighted by Crippen LogP contribution is 2.27. The summed E-state index contributed by atoms with van der Waals surface area (Å²) in [7, 11) is 0. The van der Waals surface area contributed by atoms with E-state index in [-0.39, 0.29) is 5.38 Å². The molecule has 0 amide bonds. The van der Waals surface area contributed by atoms with Gasteiger partial charge in [0.1, 0.15) is 5.75 Å². The fourth-order valence-electron chi connectivity index (χ4n) is 3.21. The average Bonchev–Trinajstić information content (AvgIpc) is 2.73. The average molecular weight is 403 g/mol. The second-order valence-electron chi connectivity index (χ2n) is 7.38. The van der Waals surface area contributed by atoms with Crippen molar-refractivity contribution in [2.75, 3.05) is 6.61 Å². The van der Waals surface area contributed by atoms with E-state index in [4.69, 9.17) is 21.3 Å². The van der Waals surface area contributed by atoms with Crippen molar-refractivity contribution in [3.8, 4) is 17.1 Å². The molecule has 3 nitrogen and oxygen atoms in total. The van der Waals surface area contributed by atoms with Crippen molar-refractivity contribution >= 4 is 11.6 Å². The molecule has 0 aliphatic carbocycles. The number of halogens is 1. The van der Waals surface area contributed by atoms with E-state index < -0.39 is 0 Å². The van der Waals surface area contributed by atoms with Crippen molar-refractivity contribution in [3.05, 3.63) is 42.2 Å². The molecule has 1 unspecified atom stereocenters. The van der Waals surface area contributed by atoms with Gasteiger partial charge in [-0.3, -0.25) is 0 Å². The summed E-state index contributed by atoms with van der Waals surface area (Å²) in [5.74, 6) is 1.57. The lowest BCUT2D eigenvalue weighted by atomic mass is 10.1. The molecule has 1 aromatic heterocycles. The normalized spacial score (nSPS) is 12.1. The van der Waals surface area contributed by atoms with Crippen LogP contribution in [0.25, 0.3) is 11.4 Å². The van der Waals surface area contributed by atoms with Crippen molar-refractivity contribution in [1.29, 1.82) is 0 Å². The Labute approximate surface area is 175 Å². The second kappa shape index (κ2) is 13.5. The Balaban J connectivity index is 1.90. The Morgan fingerprint density at radius 1 is 0.964 bits per heavy atom. The zero-order chi connectivity index (χ0) is 20.0. The highest BCUT2D eigenvalue weighted by Gasteiger charge is 2.10. The first-order valence-corrected chi connectivity index (χ1v) is 11.4. The zero-order valence-corrected chi connectivity index (χ0v) is 18.3. The summed E-state index contributed by atoms with van der Waals surface area (Å²) in [6.45, 7) is 4.96. The van der Waals surface area contributed by atoms with Crippen molar-refractivity contribution in [2.45, 2.75) is 83.4 Å². The van der Waals surface area contributed by atoms with Crippen LogP contribution in [-0.2, 0) is 6.42 Å². The van der Waals surface area contributed by atoms with Gasteiger partial charge in [-0.25, -0.2) is 9.97 Å². The number of nitrogens with zero attached hydrogens (tertiary/aromatic N) is 2. The highest BCUT2D eigenvalue weighted by molar-refractivity contribution is 6.20. The van der Waals surface area contributed by atoms with Gasteiger partial charge in [0.15, 0.2) is 5.82 Å². The third-order valence-electron chi connectivity index (χ3n) is 5.01. The molecule has 0 N–H and O–H groups in total. The van der Waals surface area contributed by atoms with Gasteiger partial charge in [0.25, 0.3) is 0 Å². The molecule has 0 spiro atoms. The Kier molecular flexibility index (Phi) is 11.0. The molecule has 0 bridgehead atoms. The van der Waals surface area contributed by atoms with E-state index in [9.17, 15) is 0 Å². The first-order chi connectivity index (χ1) is 13.7. The molecule has 2 rings (SSSR count). The van der Waals surface area contributed by atoms with E-state index in [2.05, 4.69) is 18.8 Å². The van der Waals surface area contributed by atoms with Crippen LogP contribution in [0.3, 0.4) is 0 Å². The summed E-state index contributed by atoms with van der Waals surface area (Å²) in [5, 5.41) is 0.161. The molecular formula is C24H35ClN2O. The van der Waals surface area contributed by atoms with Crippen LogP contribution < -0.4 is 4.74 Å². The van der Waals surface area contributed by atoms with Crippen LogP contribution in [0.4, 0.5) is 0 Å². The molecule has 0 aliphatic heterocycles. The van der Waals surface area contributed by atoms with Gasteiger partial charge in [-0.15, -0.1) is 11.6 Å². The molecule has 0 fully saturated rings. The summed E-state index contributed by atoms with van der Waals surface area (Å²) in [4.78, 5) is 9.28. The van der Waals surface area contributed by atoms with Crippen LogP contribution in [0, 0.1) is 0 Å². The Morgan fingerprint density at radius 2 is 1.71 bits per heavy atom. The number of unbranched alkanes of at least 4 members (excludes halogenated alkanes) is 6. The van der Waals surface area contributed by atoms with E-state index in [0.29, 0.717) is 6.61 Å². The Morgan fingerprint density at radius 3 is 2.50 bits per heavy atom. The molecule has 0 saturated heterocycles. The largest absolute Gasteiger partial charge is 0.493 e. The van der Waals surface area contributed by atoms with Crippen LogP contribution >= 0.6 is 11.6 Å². The van der Waals surface area contributed by atoms with Crippen molar-refractivity contribution in [2.24, 2.45) is 0 Å². The van der Waals surface area contributed by atoms with E-state index in [1.165, 1.54) is 44.9 Å². The molecular weight excluding hydrogens is 368 g/mol. The predicted octanol–water partition coefficient (Wildman–Crippen LogP) is 7.22. The third kappa shape index (κ3) is 8.18. The number of hydrogen-bond donors (Lipinski definition) is 0. The van der Waals surface area contributed by atoms with Gasteiger partial charge in [-0.05, 0) is 43.9 Å². The molecule has 1 aromatic carbocycles. The number of ether oxygens (including phenoxy) is 1. The maximum atomic E-state index is 6.20. The maximum Gasteiger partial charge on any atom is 0.163 e. The SMILES string of the molecule is CCCCCCCCCc1ccnc(-c2ccccc2OCCC(Cl)CC)n1. The van der Waals surface area contributed by atoms with Crippen molar-refractivity contribution in [1.82, 2.24) is 9.97 Å². The van der Waals surface area contributed by atoms with Gasteiger partial charge in [-0.2, -0.15) is 0 Å². The van der Waals surface area contributed by atoms with Crippen molar-refractivity contribution < 1.29 is 4.74 Å². The van der Waals surface area contributed by atoms with E-state index in [1.54, 1.807) is 0 Å². The number of aromatic nitrogens is 2. The molecule has 0 aliphatic rings. The number of para-hydroxylation sites is 1. The first kappa shape index (κ1) is 22.7. The summed E-state index contributed by atoms with van der Waals surface area (Å²) in [6, 6.07) is 10.0. The summed E-state index contributed by atoms with van der Waals surface area (Å²) in [6.07, 6.45) is 13.9. The fraction of sp³-hybridized carbons (Fsp3) is 0.583. The molecule has 0 radical (unpaired) electrons. The molecule has 154 valence electrons. The maximum absolute atomic E-state index is 6.20. The number of hydrogen-bond acceptors (Lipinski definition) is 3. The predicted molar refractivity (Wildman–Crippen MR) is 119 cm³/mol. The van der Waals surface area contributed by atoms with Gasteiger partial charge in [0.2, 0.25) is 0 Å². The highest BCUT2D eigenvalue weighted by atomic mass is 35.5. The standard InChI is InChI=1S/C24H35ClN2O/c1-3-5-6-7-8-9-10-13-21-16-18-26-24(27-21)22-14-11-12-15-23(22)28-19-17-20(25)4-2/h11-12,14-16,18,20H,3-10,13,17,19H2,1-2H3. The topological polar surface area (TPSA) is 35.0 Å². The molecule has 1 heterocycles. The third-order valence-corrected chi connectivity index (χ3v) is 5.54. The lowest BCUT2D eigenvalue weighted by Crippen LogP contribution is -2.06. The summed E-state index contributed by atoms with van der Waals surface area (Å²) < 4.78 is 5.98. The lowest BCUT2D eigenvalue weighted by molar-refractivity contribution is 0.308. The van der Waals surface area contributed by atoms with Gasteiger partial charge < -0.3 is 4.74 Å². The van der Waals surface area contributed by atoms with Crippen LogP contribution in [0.1, 0.15) is 77.3 Å². The molecule has 28 heavy (non-hydrogen) atoms. The Bertz CT molecular complexity index is 677. The van der Waals surface area contributed by atoms with Crippen LogP contribution in [-0.4, -0.2) is 22.0 Å². The molecule has 0 saturated carbocycles. The van der Waals surface area contributed by atoms with Gasteiger partial charge in [-0.1, -0.05) is 64.5 Å². The number of aryl methyl sites for hydroxylation is 1. The minimum atomic E-state index is 0.161. The number of benzene rings is 1. The van der Waals surface area contributed by atoms with E-state index in [1.807, 2.05) is 36.5 Å². The number of alkyl halides is 1. The van der Waals surface area contributed by atoms with Crippen LogP contribution in [0.5, 0.6) is 5.75 Å².